The Morgan fingerprint density at radius 1 is 0.365 bits per heavy atom. The summed E-state index contributed by atoms with van der Waals surface area (Å²) < 4.78 is 305. The third-order valence-corrected chi connectivity index (χ3v) is 23.5. The molecule has 8 aliphatic carbocycles. The van der Waals surface area contributed by atoms with Crippen molar-refractivity contribution in [3.8, 4) is 0 Å². The van der Waals surface area contributed by atoms with Gasteiger partial charge in [-0.25, -0.2) is 87.8 Å². The van der Waals surface area contributed by atoms with E-state index in [4.69, 9.17) is 9.47 Å². The molecule has 0 amide bonds. The normalized spacial score (nSPS) is 26.8. The van der Waals surface area contributed by atoms with Crippen LogP contribution in [0.25, 0.3) is 0 Å². The van der Waals surface area contributed by atoms with E-state index < -0.39 is 152 Å². The van der Waals surface area contributed by atoms with Crippen molar-refractivity contribution in [3.05, 3.63) is 141 Å². The monoisotopic (exact) mass is 1430 g/mol. The maximum absolute atomic E-state index is 15.4. The summed E-state index contributed by atoms with van der Waals surface area (Å²) in [4.78, 5) is 2.73. The van der Waals surface area contributed by atoms with Crippen LogP contribution in [-0.2, 0) is 31.9 Å². The average molecular weight is 1430 g/mol. The van der Waals surface area contributed by atoms with E-state index in [0.29, 0.717) is 10.3 Å². The van der Waals surface area contributed by atoms with Crippen LogP contribution in [0.1, 0.15) is 77.0 Å². The Morgan fingerprint density at radius 3 is 0.859 bits per heavy atom. The minimum absolute atomic E-state index is 0. The van der Waals surface area contributed by atoms with Gasteiger partial charge in [-0.3, -0.25) is 0 Å². The second-order valence-electron chi connectivity index (χ2n) is 24.1. The molecule has 464 valence electrons. The molecular weight excluding hydrogens is 1380 g/mol. The molecule has 2 saturated heterocycles. The van der Waals surface area contributed by atoms with Gasteiger partial charge in [0.25, 0.3) is 0 Å². The molecule has 5 aromatic carbocycles. The summed E-state index contributed by atoms with van der Waals surface area (Å²) in [5, 5.41) is 6.45. The molecule has 85 heavy (non-hydrogen) atoms. The molecule has 0 aromatic heterocycles. The quantitative estimate of drug-likeness (QED) is 0.0552. The molecule has 15 rings (SSSR count). The van der Waals surface area contributed by atoms with Gasteiger partial charge in [-0.15, -0.1) is 21.9 Å². The zero-order valence-electron chi connectivity index (χ0n) is 44.6. The zero-order valence-corrected chi connectivity index (χ0v) is 47.8. The first kappa shape index (κ1) is 63.6. The maximum atomic E-state index is 15.4. The fraction of sp³-hybridized carbons (Fsp3) is 0.483. The van der Waals surface area contributed by atoms with Gasteiger partial charge in [-0.05, 0) is 125 Å². The van der Waals surface area contributed by atoms with Crippen LogP contribution in [0, 0.1) is 152 Å². The van der Waals surface area contributed by atoms with Crippen molar-refractivity contribution < 1.29 is 120 Å². The van der Waals surface area contributed by atoms with Crippen LogP contribution < -0.4 is 37.4 Å². The third-order valence-electron chi connectivity index (χ3n) is 19.2. The van der Waals surface area contributed by atoms with E-state index in [0.717, 1.165) is 88.1 Å². The van der Waals surface area contributed by atoms with E-state index in [1.54, 1.807) is 82.7 Å². The number of nitrogens with zero attached hydrogens (tertiary/aromatic N) is 1. The van der Waals surface area contributed by atoms with Gasteiger partial charge in [0.05, 0.1) is 42.4 Å². The van der Waals surface area contributed by atoms with E-state index >= 15 is 35.1 Å². The fourth-order valence-corrected chi connectivity index (χ4v) is 23.1. The molecule has 27 heteroatoms. The van der Waals surface area contributed by atoms with Crippen molar-refractivity contribution in [2.24, 2.45) is 35.5 Å². The molecule has 8 saturated carbocycles. The molecule has 0 unspecified atom stereocenters. The number of rotatable bonds is 8. The average Bonchev–Trinajstić information content (AvgIpc) is 0.739. The minimum Gasteiger partial charge on any atom is -0.379 e. The topological polar surface area (TPSA) is 33.7 Å². The molecule has 0 atom stereocenters. The Bertz CT molecular complexity index is 2920. The smallest absolute Gasteiger partial charge is 0.379 e. The number of nitrogens with one attached hydrogen (secondary N) is 1. The Morgan fingerprint density at radius 2 is 0.612 bits per heavy atom. The van der Waals surface area contributed by atoms with Crippen LogP contribution in [-0.4, -0.2) is 69.1 Å². The summed E-state index contributed by atoms with van der Waals surface area (Å²) in [6.07, 6.45) is 11.9. The van der Waals surface area contributed by atoms with Crippen LogP contribution in [0.4, 0.5) is 93.5 Å². The predicted molar refractivity (Wildman–Crippen MR) is 272 cm³/mol. The Balaban J connectivity index is 0.000000175. The van der Waals surface area contributed by atoms with Crippen molar-refractivity contribution >= 4 is 46.9 Å². The van der Waals surface area contributed by atoms with Crippen LogP contribution >= 0.6 is 7.92 Å². The molecule has 0 radical (unpaired) electrons. The number of halogens is 20. The number of morpholine rings is 2. The standard InChI is InChI=1S/C30H42NOP.C24BF20.C4H9NO.Au/c1-2-4-28(27(3-1)31-5-7-32-8-6-31)33(29-15-21-9-22(16-29)11-23(10-21)17-29)30-18-24-12-25(19-30)14-26(13-24)20-30;26-5-1(6(27)14(35)21(42)13(5)34)25(2-7(28)15(36)22(43)16(37)8(2)29,3-9(30)17(38)23(44)18(39)10(3)31)4-11(32)19(40)24(45)20(41)12(4)33;1-3-6-4-2-5-1;/h1-4,21-26H,5-20H2;;5H,1-4H2;/q;-1;;+1/p+1. The Labute approximate surface area is 490 Å². The zero-order chi connectivity index (χ0) is 60.2. The van der Waals surface area contributed by atoms with Gasteiger partial charge in [-0.2, -0.15) is 0 Å². The van der Waals surface area contributed by atoms with Gasteiger partial charge in [0, 0.05) is 34.1 Å². The first-order valence-corrected chi connectivity index (χ1v) is 29.2. The number of hydrogen-bond donors (Lipinski definition) is 1. The molecule has 4 nitrogen and oxygen atoms in total. The van der Waals surface area contributed by atoms with Crippen molar-refractivity contribution in [1.29, 1.82) is 0 Å². The molecule has 8 bridgehead atoms. The van der Waals surface area contributed by atoms with Gasteiger partial charge in [0.1, 0.15) is 58.0 Å². The van der Waals surface area contributed by atoms with Gasteiger partial charge in [0.15, 0.2) is 69.8 Å². The van der Waals surface area contributed by atoms with E-state index in [-0.39, 0.29) is 22.4 Å². The van der Waals surface area contributed by atoms with Gasteiger partial charge in [-0.1, -0.05) is 12.1 Å². The minimum atomic E-state index is -7.22. The Kier molecular flexibility index (Phi) is 18.1. The predicted octanol–water partition coefficient (Wildman–Crippen LogP) is 11.7. The summed E-state index contributed by atoms with van der Waals surface area (Å²) in [5.74, 6) is -65.0. The molecule has 10 fully saturated rings. The summed E-state index contributed by atoms with van der Waals surface area (Å²) in [6.45, 7) is 7.83. The first-order valence-electron chi connectivity index (χ1n) is 27.7. The van der Waals surface area contributed by atoms with Crippen molar-refractivity contribution in [2.45, 2.75) is 87.4 Å². The molecule has 5 aromatic rings. The number of ether oxygens (including phenoxy) is 2. The first-order chi connectivity index (χ1) is 39.9. The van der Waals surface area contributed by atoms with E-state index in [9.17, 15) is 52.7 Å². The number of benzene rings is 5. The summed E-state index contributed by atoms with van der Waals surface area (Å²) >= 11 is 0. The van der Waals surface area contributed by atoms with Crippen molar-refractivity contribution in [3.63, 3.8) is 0 Å². The largest absolute Gasteiger partial charge is 1.00 e. The van der Waals surface area contributed by atoms with Crippen molar-refractivity contribution in [1.82, 2.24) is 5.32 Å². The van der Waals surface area contributed by atoms with Crippen LogP contribution in [0.15, 0.2) is 24.3 Å². The van der Waals surface area contributed by atoms with Crippen LogP contribution in [0.2, 0.25) is 0 Å². The molecule has 1 N–H and O–H groups in total. The fourth-order valence-electron chi connectivity index (χ4n) is 17.1. The van der Waals surface area contributed by atoms with E-state index in [1.165, 1.54) is 0 Å². The van der Waals surface area contributed by atoms with E-state index in [2.05, 4.69) is 34.5 Å². The number of anilines is 1. The second-order valence-corrected chi connectivity index (χ2v) is 27.5. The SMILES string of the molecule is C1COCCN1.Fc1c(F)c(F)c([B-](c2c(F)c(F)c(F)c(F)c2F)(c2c(F)c(F)c(F)c(F)c2F)c2c(F)c(F)c(F)c(F)c2F)c(F)c1F.[Au+].c1ccc([PH+](C23CC4CC(CC(C4)C2)C3)C23CC4CC(CC(C4)C2)C3)c(N2CCOCC2)c1. The molecule has 10 aliphatic rings. The Hall–Kier alpha value is -4.38. The second kappa shape index (κ2) is 24.2. The number of para-hydroxylation sites is 1. The van der Waals surface area contributed by atoms with Crippen molar-refractivity contribution in [2.75, 3.05) is 57.5 Å². The summed E-state index contributed by atoms with van der Waals surface area (Å²) in [6, 6.07) is 9.95. The maximum Gasteiger partial charge on any atom is 1.00 e. The molecule has 0 spiro atoms. The van der Waals surface area contributed by atoms with Gasteiger partial charge < -0.3 is 19.7 Å². The summed E-state index contributed by atoms with van der Waals surface area (Å²) in [5.41, 5.74) is -12.7. The molecule has 2 aliphatic heterocycles. The van der Waals surface area contributed by atoms with Gasteiger partial charge >= 0.3 is 22.4 Å². The van der Waals surface area contributed by atoms with Gasteiger partial charge in [0.2, 0.25) is 0 Å². The van der Waals surface area contributed by atoms with Crippen LogP contribution in [0.5, 0.6) is 0 Å². The van der Waals surface area contributed by atoms with E-state index in [1.807, 2.05) is 5.30 Å². The molecular formula is C58H52AuBF20N2O2P+. The molecule has 2 heterocycles. The van der Waals surface area contributed by atoms with Crippen LogP contribution in [0.3, 0.4) is 0 Å². The summed E-state index contributed by atoms with van der Waals surface area (Å²) in [7, 11) is -0.671. The third kappa shape index (κ3) is 10.4. The number of hydrogen-bond acceptors (Lipinski definition) is 4.